The van der Waals surface area contributed by atoms with Crippen LogP contribution in [0.15, 0.2) is 45.3 Å². The van der Waals surface area contributed by atoms with Gasteiger partial charge >= 0.3 is 0 Å². The Morgan fingerprint density at radius 2 is 1.90 bits per heavy atom. The van der Waals surface area contributed by atoms with Crippen LogP contribution in [-0.4, -0.2) is 20.2 Å². The standard InChI is InChI=1S/C13H8Br2FN5/c14-9-5-4-7(17)6-8(9)13-18-19-20-21(13)12-10(15)2-1-3-11(12)16/h1-6H,17H2. The first-order valence-electron chi connectivity index (χ1n) is 5.86. The molecule has 0 radical (unpaired) electrons. The van der Waals surface area contributed by atoms with Crippen molar-refractivity contribution < 1.29 is 4.39 Å². The number of hydrogen-bond acceptors (Lipinski definition) is 4. The minimum absolute atomic E-state index is 0.242. The summed E-state index contributed by atoms with van der Waals surface area (Å²) in [6.07, 6.45) is 0. The van der Waals surface area contributed by atoms with Crippen LogP contribution in [0.2, 0.25) is 0 Å². The highest BCUT2D eigenvalue weighted by atomic mass is 79.9. The molecule has 2 aromatic carbocycles. The molecule has 0 aliphatic carbocycles. The molecule has 2 N–H and O–H groups in total. The lowest BCUT2D eigenvalue weighted by Crippen LogP contribution is -2.04. The van der Waals surface area contributed by atoms with Gasteiger partial charge in [0.05, 0.1) is 0 Å². The number of tetrazole rings is 1. The number of nitrogens with zero attached hydrogens (tertiary/aromatic N) is 4. The quantitative estimate of drug-likeness (QED) is 0.653. The molecule has 0 atom stereocenters. The first kappa shape index (κ1) is 14.2. The zero-order valence-corrected chi connectivity index (χ0v) is 13.6. The smallest absolute Gasteiger partial charge is 0.188 e. The van der Waals surface area contributed by atoms with Crippen molar-refractivity contribution in [2.45, 2.75) is 0 Å². The Morgan fingerprint density at radius 3 is 2.67 bits per heavy atom. The maximum atomic E-state index is 14.1. The van der Waals surface area contributed by atoms with E-state index in [4.69, 9.17) is 5.73 Å². The summed E-state index contributed by atoms with van der Waals surface area (Å²) in [5.74, 6) is -0.0436. The molecule has 3 rings (SSSR count). The Hall–Kier alpha value is -1.80. The van der Waals surface area contributed by atoms with E-state index in [9.17, 15) is 4.39 Å². The van der Waals surface area contributed by atoms with Gasteiger partial charge in [-0.3, -0.25) is 0 Å². The fourth-order valence-corrected chi connectivity index (χ4v) is 2.85. The van der Waals surface area contributed by atoms with Gasteiger partial charge in [0.2, 0.25) is 0 Å². The first-order valence-corrected chi connectivity index (χ1v) is 7.44. The third-order valence-corrected chi connectivity index (χ3v) is 4.18. The minimum atomic E-state index is -0.432. The van der Waals surface area contributed by atoms with Crippen molar-refractivity contribution in [3.8, 4) is 17.1 Å². The number of benzene rings is 2. The highest BCUT2D eigenvalue weighted by Gasteiger charge is 2.18. The zero-order chi connectivity index (χ0) is 15.0. The average Bonchev–Trinajstić information content (AvgIpc) is 2.90. The SMILES string of the molecule is Nc1ccc(Br)c(-c2nnnn2-c2c(F)cccc2Br)c1. The van der Waals surface area contributed by atoms with Gasteiger partial charge in [-0.1, -0.05) is 22.0 Å². The number of aromatic nitrogens is 4. The Morgan fingerprint density at radius 1 is 1.10 bits per heavy atom. The highest BCUT2D eigenvalue weighted by molar-refractivity contribution is 9.11. The molecule has 0 bridgehead atoms. The second kappa shape index (κ2) is 5.53. The fourth-order valence-electron chi connectivity index (χ4n) is 1.91. The average molecular weight is 413 g/mol. The first-order chi connectivity index (χ1) is 10.1. The summed E-state index contributed by atoms with van der Waals surface area (Å²) >= 11 is 6.74. The summed E-state index contributed by atoms with van der Waals surface area (Å²) in [6.45, 7) is 0. The van der Waals surface area contributed by atoms with Crippen LogP contribution in [0, 0.1) is 5.82 Å². The molecule has 0 aliphatic rings. The summed E-state index contributed by atoms with van der Waals surface area (Å²) < 4.78 is 16.8. The number of halogens is 3. The summed E-state index contributed by atoms with van der Waals surface area (Å²) in [6, 6.07) is 9.93. The number of nitrogen functional groups attached to an aromatic ring is 1. The molecule has 8 heteroatoms. The largest absolute Gasteiger partial charge is 0.399 e. The lowest BCUT2D eigenvalue weighted by molar-refractivity contribution is 0.606. The number of rotatable bonds is 2. The van der Waals surface area contributed by atoms with Crippen LogP contribution in [0.1, 0.15) is 0 Å². The molecule has 0 fully saturated rings. The van der Waals surface area contributed by atoms with E-state index >= 15 is 0 Å². The van der Waals surface area contributed by atoms with E-state index in [0.717, 1.165) is 4.47 Å². The van der Waals surface area contributed by atoms with Gasteiger partial charge in [-0.15, -0.1) is 5.10 Å². The van der Waals surface area contributed by atoms with Crippen LogP contribution in [0.5, 0.6) is 0 Å². The van der Waals surface area contributed by atoms with Crippen molar-refractivity contribution >= 4 is 37.5 Å². The van der Waals surface area contributed by atoms with Crippen LogP contribution >= 0.6 is 31.9 Å². The van der Waals surface area contributed by atoms with E-state index in [1.165, 1.54) is 10.7 Å². The van der Waals surface area contributed by atoms with Gasteiger partial charge in [-0.25, -0.2) is 4.39 Å². The van der Waals surface area contributed by atoms with Gasteiger partial charge < -0.3 is 5.73 Å². The second-order valence-corrected chi connectivity index (χ2v) is 5.93. The van der Waals surface area contributed by atoms with Gasteiger partial charge in [-0.05, 0) is 56.7 Å². The molecule has 21 heavy (non-hydrogen) atoms. The van der Waals surface area contributed by atoms with Crippen LogP contribution in [0.4, 0.5) is 10.1 Å². The molecule has 0 saturated heterocycles. The predicted molar refractivity (Wildman–Crippen MR) is 84.4 cm³/mol. The molecular weight excluding hydrogens is 405 g/mol. The number of hydrogen-bond donors (Lipinski definition) is 1. The number of anilines is 1. The summed E-state index contributed by atoms with van der Waals surface area (Å²) in [5, 5.41) is 11.5. The molecule has 0 saturated carbocycles. The molecule has 1 heterocycles. The van der Waals surface area contributed by atoms with Crippen molar-refractivity contribution in [2.24, 2.45) is 0 Å². The molecule has 0 spiro atoms. The van der Waals surface area contributed by atoms with Gasteiger partial charge in [0, 0.05) is 20.2 Å². The van der Waals surface area contributed by atoms with E-state index in [1.54, 1.807) is 30.3 Å². The van der Waals surface area contributed by atoms with Crippen LogP contribution in [0.3, 0.4) is 0 Å². The normalized spacial score (nSPS) is 10.8. The number of nitrogens with two attached hydrogens (primary N) is 1. The fraction of sp³-hybridized carbons (Fsp3) is 0. The Labute approximate surface area is 136 Å². The Balaban J connectivity index is 2.25. The molecule has 106 valence electrons. The van der Waals surface area contributed by atoms with Crippen molar-refractivity contribution in [3.63, 3.8) is 0 Å². The monoisotopic (exact) mass is 411 g/mol. The topological polar surface area (TPSA) is 69.6 Å². The summed E-state index contributed by atoms with van der Waals surface area (Å²) in [5.41, 5.74) is 7.28. The molecule has 0 amide bonds. The van der Waals surface area contributed by atoms with Gasteiger partial charge in [-0.2, -0.15) is 4.68 Å². The Kier molecular flexibility index (Phi) is 3.73. The molecule has 3 aromatic rings. The van der Waals surface area contributed by atoms with E-state index in [1.807, 2.05) is 0 Å². The lowest BCUT2D eigenvalue weighted by atomic mass is 10.2. The molecule has 1 aromatic heterocycles. The van der Waals surface area contributed by atoms with Crippen molar-refractivity contribution in [1.82, 2.24) is 20.2 Å². The van der Waals surface area contributed by atoms with Crippen LogP contribution < -0.4 is 5.73 Å². The maximum absolute atomic E-state index is 14.1. The van der Waals surface area contributed by atoms with Gasteiger partial charge in [0.25, 0.3) is 0 Å². The van der Waals surface area contributed by atoms with E-state index in [-0.39, 0.29) is 5.69 Å². The molecular formula is C13H8Br2FN5. The lowest BCUT2D eigenvalue weighted by Gasteiger charge is -2.09. The van der Waals surface area contributed by atoms with Crippen LogP contribution in [0.25, 0.3) is 17.1 Å². The highest BCUT2D eigenvalue weighted by Crippen LogP contribution is 2.32. The van der Waals surface area contributed by atoms with E-state index in [2.05, 4.69) is 47.4 Å². The van der Waals surface area contributed by atoms with E-state index < -0.39 is 5.82 Å². The Bertz CT molecular complexity index is 798. The number of para-hydroxylation sites is 1. The maximum Gasteiger partial charge on any atom is 0.188 e. The van der Waals surface area contributed by atoms with E-state index in [0.29, 0.717) is 21.5 Å². The molecule has 5 nitrogen and oxygen atoms in total. The zero-order valence-electron chi connectivity index (χ0n) is 10.5. The third-order valence-electron chi connectivity index (χ3n) is 2.85. The van der Waals surface area contributed by atoms with Crippen molar-refractivity contribution in [2.75, 3.05) is 5.73 Å². The van der Waals surface area contributed by atoms with Gasteiger partial charge in [0.15, 0.2) is 5.82 Å². The summed E-state index contributed by atoms with van der Waals surface area (Å²) in [4.78, 5) is 0. The summed E-state index contributed by atoms with van der Waals surface area (Å²) in [7, 11) is 0. The minimum Gasteiger partial charge on any atom is -0.399 e. The molecule has 0 aliphatic heterocycles. The van der Waals surface area contributed by atoms with Gasteiger partial charge in [0.1, 0.15) is 11.5 Å². The molecule has 0 unspecified atom stereocenters. The predicted octanol–water partition coefficient (Wildman–Crippen LogP) is 3.58. The van der Waals surface area contributed by atoms with Crippen molar-refractivity contribution in [3.05, 3.63) is 51.2 Å². The third kappa shape index (κ3) is 2.56. The van der Waals surface area contributed by atoms with Crippen molar-refractivity contribution in [1.29, 1.82) is 0 Å². The van der Waals surface area contributed by atoms with Crippen LogP contribution in [-0.2, 0) is 0 Å². The second-order valence-electron chi connectivity index (χ2n) is 4.22.